The van der Waals surface area contributed by atoms with Gasteiger partial charge in [0.05, 0.1) is 5.41 Å². The fourth-order valence-electron chi connectivity index (χ4n) is 2.90. The van der Waals surface area contributed by atoms with Crippen LogP contribution in [0.1, 0.15) is 43.7 Å². The third-order valence-corrected chi connectivity index (χ3v) is 5.42. The van der Waals surface area contributed by atoms with Gasteiger partial charge in [0.2, 0.25) is 11.0 Å². The van der Waals surface area contributed by atoms with Crippen LogP contribution in [0.3, 0.4) is 0 Å². The number of benzene rings is 1. The lowest BCUT2D eigenvalue weighted by molar-refractivity contribution is -0.124. The van der Waals surface area contributed by atoms with E-state index in [-0.39, 0.29) is 5.91 Å². The monoisotopic (exact) mass is 349 g/mol. The summed E-state index contributed by atoms with van der Waals surface area (Å²) in [4.78, 5) is 12.8. The molecule has 1 fully saturated rings. The molecule has 1 N–H and O–H groups in total. The van der Waals surface area contributed by atoms with E-state index in [1.54, 1.807) is 0 Å². The van der Waals surface area contributed by atoms with Crippen molar-refractivity contribution in [2.24, 2.45) is 5.92 Å². The zero-order valence-corrected chi connectivity index (χ0v) is 14.9. The van der Waals surface area contributed by atoms with Crippen LogP contribution in [-0.4, -0.2) is 16.1 Å². The van der Waals surface area contributed by atoms with E-state index in [1.807, 2.05) is 24.3 Å². The van der Waals surface area contributed by atoms with Gasteiger partial charge in [-0.25, -0.2) is 0 Å². The molecule has 1 heterocycles. The van der Waals surface area contributed by atoms with Crippen molar-refractivity contribution in [3.05, 3.63) is 39.9 Å². The van der Waals surface area contributed by atoms with Crippen molar-refractivity contribution >= 4 is 34.0 Å². The van der Waals surface area contributed by atoms with Crippen LogP contribution in [0.5, 0.6) is 0 Å². The summed E-state index contributed by atoms with van der Waals surface area (Å²) >= 11 is 7.42. The molecule has 1 amide bonds. The molecule has 0 unspecified atom stereocenters. The lowest BCUT2D eigenvalue weighted by Gasteiger charge is -2.40. The molecule has 0 spiro atoms. The van der Waals surface area contributed by atoms with E-state index in [0.717, 1.165) is 36.3 Å². The number of halogens is 1. The topological polar surface area (TPSA) is 54.9 Å². The second-order valence-electron chi connectivity index (χ2n) is 6.50. The SMILES string of the molecule is CC(C)Cc1nnc(NC(=O)C2(c3ccc(Cl)cc3)CCC2)s1. The molecule has 4 nitrogen and oxygen atoms in total. The Kier molecular flexibility index (Phi) is 4.69. The lowest BCUT2D eigenvalue weighted by atomic mass is 9.64. The molecule has 122 valence electrons. The zero-order chi connectivity index (χ0) is 16.4. The number of carbonyl (C=O) groups is 1. The highest BCUT2D eigenvalue weighted by Gasteiger charge is 2.45. The van der Waals surface area contributed by atoms with E-state index < -0.39 is 5.41 Å². The van der Waals surface area contributed by atoms with Gasteiger partial charge in [0.15, 0.2) is 0 Å². The minimum absolute atomic E-state index is 0.0123. The van der Waals surface area contributed by atoms with Gasteiger partial charge >= 0.3 is 0 Å². The van der Waals surface area contributed by atoms with Crippen molar-refractivity contribution in [3.63, 3.8) is 0 Å². The van der Waals surface area contributed by atoms with Crippen molar-refractivity contribution in [1.82, 2.24) is 10.2 Å². The maximum atomic E-state index is 12.8. The molecule has 0 bridgehead atoms. The largest absolute Gasteiger partial charge is 0.300 e. The lowest BCUT2D eigenvalue weighted by Crippen LogP contribution is -2.45. The molecule has 0 aliphatic heterocycles. The molecule has 0 saturated heterocycles. The maximum absolute atomic E-state index is 12.8. The molecular formula is C17H20ClN3OS. The third kappa shape index (κ3) is 3.40. The number of hydrogen-bond donors (Lipinski definition) is 1. The molecule has 0 atom stereocenters. The summed E-state index contributed by atoms with van der Waals surface area (Å²) in [5, 5.41) is 13.5. The molecule has 1 aromatic heterocycles. The standard InChI is InChI=1S/C17H20ClN3OS/c1-11(2)10-14-20-21-16(23-14)19-15(22)17(8-3-9-17)12-4-6-13(18)7-5-12/h4-7,11H,3,8-10H2,1-2H3,(H,19,21,22). The molecule has 1 aliphatic rings. The first kappa shape index (κ1) is 16.4. The van der Waals surface area contributed by atoms with Gasteiger partial charge in [-0.3, -0.25) is 10.1 Å². The molecule has 2 aromatic rings. The van der Waals surface area contributed by atoms with E-state index in [1.165, 1.54) is 11.3 Å². The Morgan fingerprint density at radius 2 is 2.00 bits per heavy atom. The van der Waals surface area contributed by atoms with Crippen molar-refractivity contribution in [3.8, 4) is 0 Å². The number of nitrogens with one attached hydrogen (secondary N) is 1. The zero-order valence-electron chi connectivity index (χ0n) is 13.3. The minimum atomic E-state index is -0.450. The predicted molar refractivity (Wildman–Crippen MR) is 94.1 cm³/mol. The van der Waals surface area contributed by atoms with Crippen molar-refractivity contribution in [1.29, 1.82) is 0 Å². The predicted octanol–water partition coefficient (Wildman–Crippen LogP) is 4.45. The molecular weight excluding hydrogens is 330 g/mol. The van der Waals surface area contributed by atoms with Gasteiger partial charge < -0.3 is 0 Å². The highest BCUT2D eigenvalue weighted by atomic mass is 35.5. The summed E-state index contributed by atoms with van der Waals surface area (Å²) in [7, 11) is 0. The molecule has 0 radical (unpaired) electrons. The highest BCUT2D eigenvalue weighted by molar-refractivity contribution is 7.15. The van der Waals surface area contributed by atoms with E-state index in [2.05, 4.69) is 29.4 Å². The first-order chi connectivity index (χ1) is 11.0. The molecule has 3 rings (SSSR count). The molecule has 1 saturated carbocycles. The Morgan fingerprint density at radius 1 is 1.30 bits per heavy atom. The smallest absolute Gasteiger partial charge is 0.236 e. The Balaban J connectivity index is 1.75. The van der Waals surface area contributed by atoms with Gasteiger partial charge in [-0.05, 0) is 36.5 Å². The van der Waals surface area contributed by atoms with Gasteiger partial charge in [0, 0.05) is 11.4 Å². The minimum Gasteiger partial charge on any atom is -0.300 e. The summed E-state index contributed by atoms with van der Waals surface area (Å²) in [5.74, 6) is 0.539. The number of carbonyl (C=O) groups excluding carboxylic acids is 1. The fourth-order valence-corrected chi connectivity index (χ4v) is 3.97. The number of nitrogens with zero attached hydrogens (tertiary/aromatic N) is 2. The van der Waals surface area contributed by atoms with Gasteiger partial charge in [-0.2, -0.15) is 0 Å². The highest BCUT2D eigenvalue weighted by Crippen LogP contribution is 2.45. The fraction of sp³-hybridized carbons (Fsp3) is 0.471. The Morgan fingerprint density at radius 3 is 2.57 bits per heavy atom. The van der Waals surface area contributed by atoms with E-state index in [4.69, 9.17) is 11.6 Å². The normalized spacial score (nSPS) is 16.2. The molecule has 1 aliphatic carbocycles. The van der Waals surface area contributed by atoms with Crippen LogP contribution in [0.2, 0.25) is 5.02 Å². The summed E-state index contributed by atoms with van der Waals surface area (Å²) in [5.41, 5.74) is 0.576. The summed E-state index contributed by atoms with van der Waals surface area (Å²) in [6.45, 7) is 4.28. The number of rotatable bonds is 5. The molecule has 1 aromatic carbocycles. The van der Waals surface area contributed by atoms with Crippen molar-refractivity contribution in [2.75, 3.05) is 5.32 Å². The first-order valence-electron chi connectivity index (χ1n) is 7.89. The Labute approximate surface area is 145 Å². The number of amides is 1. The Bertz CT molecular complexity index is 692. The molecule has 23 heavy (non-hydrogen) atoms. The average molecular weight is 350 g/mol. The van der Waals surface area contributed by atoms with Crippen LogP contribution in [-0.2, 0) is 16.6 Å². The quantitative estimate of drug-likeness (QED) is 0.867. The van der Waals surface area contributed by atoms with E-state index in [9.17, 15) is 4.79 Å². The van der Waals surface area contributed by atoms with Crippen LogP contribution in [0.25, 0.3) is 0 Å². The van der Waals surface area contributed by atoms with Crippen molar-refractivity contribution in [2.45, 2.75) is 44.9 Å². The van der Waals surface area contributed by atoms with Crippen molar-refractivity contribution < 1.29 is 4.79 Å². The summed E-state index contributed by atoms with van der Waals surface area (Å²) < 4.78 is 0. The van der Waals surface area contributed by atoms with Gasteiger partial charge in [0.1, 0.15) is 5.01 Å². The number of anilines is 1. The Hall–Kier alpha value is -1.46. The van der Waals surface area contributed by atoms with E-state index in [0.29, 0.717) is 16.1 Å². The third-order valence-electron chi connectivity index (χ3n) is 4.31. The van der Waals surface area contributed by atoms with Gasteiger partial charge in [-0.15, -0.1) is 10.2 Å². The average Bonchev–Trinajstić information content (AvgIpc) is 2.86. The summed E-state index contributed by atoms with van der Waals surface area (Å²) in [6, 6.07) is 7.59. The number of hydrogen-bond acceptors (Lipinski definition) is 4. The van der Waals surface area contributed by atoms with Crippen LogP contribution < -0.4 is 5.32 Å². The maximum Gasteiger partial charge on any atom is 0.236 e. The first-order valence-corrected chi connectivity index (χ1v) is 9.09. The number of aromatic nitrogens is 2. The van der Waals surface area contributed by atoms with Crippen LogP contribution >= 0.6 is 22.9 Å². The summed E-state index contributed by atoms with van der Waals surface area (Å²) in [6.07, 6.45) is 3.66. The van der Waals surface area contributed by atoms with Crippen LogP contribution in [0, 0.1) is 5.92 Å². The van der Waals surface area contributed by atoms with Gasteiger partial charge in [-0.1, -0.05) is 55.3 Å². The van der Waals surface area contributed by atoms with Crippen LogP contribution in [0.15, 0.2) is 24.3 Å². The van der Waals surface area contributed by atoms with Gasteiger partial charge in [0.25, 0.3) is 0 Å². The second-order valence-corrected chi connectivity index (χ2v) is 7.99. The molecule has 6 heteroatoms. The van der Waals surface area contributed by atoms with Crippen LogP contribution in [0.4, 0.5) is 5.13 Å². The second kappa shape index (κ2) is 6.57. The van der Waals surface area contributed by atoms with E-state index >= 15 is 0 Å².